The predicted octanol–water partition coefficient (Wildman–Crippen LogP) is 3.47. The van der Waals surface area contributed by atoms with Gasteiger partial charge >= 0.3 is 0 Å². The van der Waals surface area contributed by atoms with E-state index in [9.17, 15) is 0 Å². The van der Waals surface area contributed by atoms with Crippen molar-refractivity contribution in [1.29, 1.82) is 0 Å². The molecular formula is C17H32N2. The van der Waals surface area contributed by atoms with E-state index in [0.717, 1.165) is 24.0 Å². The van der Waals surface area contributed by atoms with Gasteiger partial charge in [0.15, 0.2) is 0 Å². The van der Waals surface area contributed by atoms with Crippen LogP contribution >= 0.6 is 0 Å². The van der Waals surface area contributed by atoms with Gasteiger partial charge in [0.1, 0.15) is 0 Å². The first-order valence-corrected chi connectivity index (χ1v) is 8.63. The van der Waals surface area contributed by atoms with Gasteiger partial charge in [-0.1, -0.05) is 20.3 Å². The minimum Gasteiger partial charge on any atom is -0.314 e. The zero-order chi connectivity index (χ0) is 13.3. The molecule has 2 N–H and O–H groups in total. The maximum absolute atomic E-state index is 4.04. The van der Waals surface area contributed by atoms with Gasteiger partial charge in [0.25, 0.3) is 0 Å². The minimum absolute atomic E-state index is 0.597. The molecule has 2 aliphatic carbocycles. The molecule has 19 heavy (non-hydrogen) atoms. The molecule has 0 radical (unpaired) electrons. The summed E-state index contributed by atoms with van der Waals surface area (Å²) in [4.78, 5) is 0. The molecule has 0 spiro atoms. The molecule has 3 atom stereocenters. The summed E-state index contributed by atoms with van der Waals surface area (Å²) in [6.45, 7) is 6.12. The van der Waals surface area contributed by atoms with Crippen LogP contribution < -0.4 is 10.6 Å². The molecular weight excluding hydrogens is 232 g/mol. The molecule has 3 aliphatic rings. The third kappa shape index (κ3) is 3.33. The fraction of sp³-hybridized carbons (Fsp3) is 1.00. The maximum Gasteiger partial charge on any atom is 0.0113 e. The van der Waals surface area contributed by atoms with Gasteiger partial charge < -0.3 is 10.6 Å². The van der Waals surface area contributed by atoms with E-state index >= 15 is 0 Å². The summed E-state index contributed by atoms with van der Waals surface area (Å²) in [5.41, 5.74) is 0.597. The molecule has 0 aromatic heterocycles. The van der Waals surface area contributed by atoms with Crippen molar-refractivity contribution in [3.63, 3.8) is 0 Å². The van der Waals surface area contributed by atoms with Gasteiger partial charge in [-0.15, -0.1) is 0 Å². The van der Waals surface area contributed by atoms with Crippen molar-refractivity contribution >= 4 is 0 Å². The van der Waals surface area contributed by atoms with Crippen molar-refractivity contribution in [2.24, 2.45) is 11.3 Å². The second-order valence-electron chi connectivity index (χ2n) is 8.01. The molecule has 2 heteroatoms. The second kappa shape index (κ2) is 5.73. The van der Waals surface area contributed by atoms with E-state index in [1.807, 2.05) is 0 Å². The third-order valence-corrected chi connectivity index (χ3v) is 5.97. The first kappa shape index (κ1) is 13.9. The largest absolute Gasteiger partial charge is 0.314 e. The first-order chi connectivity index (χ1) is 9.14. The monoisotopic (exact) mass is 264 g/mol. The molecule has 2 nitrogen and oxygen atoms in total. The molecule has 1 heterocycles. The summed E-state index contributed by atoms with van der Waals surface area (Å²) in [6.07, 6.45) is 12.7. The zero-order valence-corrected chi connectivity index (χ0v) is 12.9. The lowest BCUT2D eigenvalue weighted by molar-refractivity contribution is 0.185. The summed E-state index contributed by atoms with van der Waals surface area (Å²) >= 11 is 0. The van der Waals surface area contributed by atoms with Crippen LogP contribution in [0.3, 0.4) is 0 Å². The average molecular weight is 264 g/mol. The van der Waals surface area contributed by atoms with Crippen LogP contribution in [0.15, 0.2) is 0 Å². The Morgan fingerprint density at radius 3 is 2.42 bits per heavy atom. The van der Waals surface area contributed by atoms with Crippen LogP contribution in [0.5, 0.6) is 0 Å². The Balaban J connectivity index is 1.51. The van der Waals surface area contributed by atoms with E-state index in [1.54, 1.807) is 0 Å². The SMILES string of the molecule is CC1(C)CCC(NC2CCCC2C2CCCN2)CC1. The predicted molar refractivity (Wildman–Crippen MR) is 81.3 cm³/mol. The molecule has 1 saturated heterocycles. The van der Waals surface area contributed by atoms with Crippen LogP contribution in [0.4, 0.5) is 0 Å². The zero-order valence-electron chi connectivity index (χ0n) is 12.9. The van der Waals surface area contributed by atoms with Crippen molar-refractivity contribution in [2.45, 2.75) is 89.8 Å². The third-order valence-electron chi connectivity index (χ3n) is 5.97. The lowest BCUT2D eigenvalue weighted by atomic mass is 9.75. The smallest absolute Gasteiger partial charge is 0.0113 e. The Labute approximate surface area is 119 Å². The molecule has 0 amide bonds. The molecule has 110 valence electrons. The second-order valence-corrected chi connectivity index (χ2v) is 8.01. The van der Waals surface area contributed by atoms with E-state index in [2.05, 4.69) is 24.5 Å². The molecule has 3 rings (SSSR count). The Hall–Kier alpha value is -0.0800. The van der Waals surface area contributed by atoms with Gasteiger partial charge in [0, 0.05) is 18.1 Å². The molecule has 0 aromatic rings. The van der Waals surface area contributed by atoms with Crippen LogP contribution in [0, 0.1) is 11.3 Å². The highest BCUT2D eigenvalue weighted by molar-refractivity contribution is 4.95. The highest BCUT2D eigenvalue weighted by Crippen LogP contribution is 2.37. The Bertz CT molecular complexity index is 284. The van der Waals surface area contributed by atoms with Gasteiger partial charge in [0.05, 0.1) is 0 Å². The Morgan fingerprint density at radius 1 is 0.947 bits per heavy atom. The van der Waals surface area contributed by atoms with Crippen molar-refractivity contribution in [3.05, 3.63) is 0 Å². The fourth-order valence-electron chi connectivity index (χ4n) is 4.62. The highest BCUT2D eigenvalue weighted by Gasteiger charge is 2.36. The average Bonchev–Trinajstić information content (AvgIpc) is 3.02. The molecule has 0 bridgehead atoms. The van der Waals surface area contributed by atoms with E-state index in [1.165, 1.54) is 64.3 Å². The summed E-state index contributed by atoms with van der Waals surface area (Å²) in [5, 5.41) is 7.78. The van der Waals surface area contributed by atoms with E-state index < -0.39 is 0 Å². The van der Waals surface area contributed by atoms with Crippen molar-refractivity contribution < 1.29 is 0 Å². The lowest BCUT2D eigenvalue weighted by Crippen LogP contribution is -2.47. The standard InChI is InChI=1S/C17H32N2/c1-17(2)10-8-13(9-11-17)19-16-6-3-5-14(16)15-7-4-12-18-15/h13-16,18-19H,3-12H2,1-2H3. The van der Waals surface area contributed by atoms with E-state index in [0.29, 0.717) is 5.41 Å². The molecule has 3 unspecified atom stereocenters. The summed E-state index contributed by atoms with van der Waals surface area (Å²) < 4.78 is 0. The first-order valence-electron chi connectivity index (χ1n) is 8.63. The highest BCUT2D eigenvalue weighted by atomic mass is 15.0. The number of hydrogen-bond acceptors (Lipinski definition) is 2. The fourth-order valence-corrected chi connectivity index (χ4v) is 4.62. The normalized spacial score (nSPS) is 39.8. The van der Waals surface area contributed by atoms with Gasteiger partial charge in [-0.25, -0.2) is 0 Å². The van der Waals surface area contributed by atoms with Crippen molar-refractivity contribution in [1.82, 2.24) is 10.6 Å². The van der Waals surface area contributed by atoms with E-state index in [-0.39, 0.29) is 0 Å². The molecule has 1 aliphatic heterocycles. The van der Waals surface area contributed by atoms with Crippen LogP contribution in [0.25, 0.3) is 0 Å². The maximum atomic E-state index is 4.04. The van der Waals surface area contributed by atoms with Gasteiger partial charge in [-0.3, -0.25) is 0 Å². The van der Waals surface area contributed by atoms with Crippen LogP contribution in [0.2, 0.25) is 0 Å². The summed E-state index contributed by atoms with van der Waals surface area (Å²) in [5.74, 6) is 0.914. The lowest BCUT2D eigenvalue weighted by Gasteiger charge is -2.37. The van der Waals surface area contributed by atoms with Crippen LogP contribution in [0.1, 0.15) is 71.6 Å². The van der Waals surface area contributed by atoms with Crippen LogP contribution in [-0.2, 0) is 0 Å². The quantitative estimate of drug-likeness (QED) is 0.815. The number of hydrogen-bond donors (Lipinski definition) is 2. The summed E-state index contributed by atoms with van der Waals surface area (Å²) in [6, 6.07) is 2.43. The van der Waals surface area contributed by atoms with Gasteiger partial charge in [0.2, 0.25) is 0 Å². The molecule has 3 fully saturated rings. The molecule has 2 saturated carbocycles. The Morgan fingerprint density at radius 2 is 1.74 bits per heavy atom. The van der Waals surface area contributed by atoms with Crippen LogP contribution in [-0.4, -0.2) is 24.7 Å². The van der Waals surface area contributed by atoms with Gasteiger partial charge in [-0.2, -0.15) is 0 Å². The number of rotatable bonds is 3. The minimum atomic E-state index is 0.597. The van der Waals surface area contributed by atoms with Crippen molar-refractivity contribution in [3.8, 4) is 0 Å². The topological polar surface area (TPSA) is 24.1 Å². The number of nitrogens with one attached hydrogen (secondary N) is 2. The van der Waals surface area contributed by atoms with E-state index in [4.69, 9.17) is 0 Å². The van der Waals surface area contributed by atoms with Gasteiger partial charge in [-0.05, 0) is 69.2 Å². The summed E-state index contributed by atoms with van der Waals surface area (Å²) in [7, 11) is 0. The molecule has 0 aromatic carbocycles. The Kier molecular flexibility index (Phi) is 4.19. The van der Waals surface area contributed by atoms with Crippen molar-refractivity contribution in [2.75, 3.05) is 6.54 Å².